The summed E-state index contributed by atoms with van der Waals surface area (Å²) in [5.74, 6) is -0.103. The van der Waals surface area contributed by atoms with Gasteiger partial charge in [0.1, 0.15) is 0 Å². The van der Waals surface area contributed by atoms with Gasteiger partial charge in [0, 0.05) is 30.3 Å². The molecule has 1 saturated heterocycles. The molecule has 0 aromatic heterocycles. The summed E-state index contributed by atoms with van der Waals surface area (Å²) in [6, 6.07) is 24.1. The van der Waals surface area contributed by atoms with Crippen molar-refractivity contribution in [1.29, 1.82) is 0 Å². The van der Waals surface area contributed by atoms with Gasteiger partial charge in [0.25, 0.3) is 5.91 Å². The second-order valence-corrected chi connectivity index (χ2v) is 9.74. The van der Waals surface area contributed by atoms with Crippen molar-refractivity contribution in [2.24, 2.45) is 0 Å². The van der Waals surface area contributed by atoms with Crippen molar-refractivity contribution in [1.82, 2.24) is 9.62 Å². The third-order valence-corrected chi connectivity index (χ3v) is 7.73. The minimum absolute atomic E-state index is 0.0390. The molecule has 6 heteroatoms. The van der Waals surface area contributed by atoms with Crippen molar-refractivity contribution in [3.63, 3.8) is 0 Å². The van der Waals surface area contributed by atoms with Crippen LogP contribution in [0.4, 0.5) is 0 Å². The fourth-order valence-electron chi connectivity index (χ4n) is 4.02. The Hall–Kier alpha value is -2.96. The lowest BCUT2D eigenvalue weighted by atomic mass is 10.0. The summed E-state index contributed by atoms with van der Waals surface area (Å²) in [6.45, 7) is 2.67. The van der Waals surface area contributed by atoms with E-state index < -0.39 is 10.0 Å². The molecule has 1 fully saturated rings. The first-order chi connectivity index (χ1) is 15.0. The highest BCUT2D eigenvalue weighted by molar-refractivity contribution is 7.89. The summed E-state index contributed by atoms with van der Waals surface area (Å²) >= 11 is 0. The fraction of sp³-hybridized carbons (Fsp3) is 0.240. The van der Waals surface area contributed by atoms with Crippen LogP contribution in [-0.2, 0) is 10.0 Å². The van der Waals surface area contributed by atoms with Gasteiger partial charge in [-0.2, -0.15) is 4.31 Å². The topological polar surface area (TPSA) is 66.5 Å². The van der Waals surface area contributed by atoms with Crippen molar-refractivity contribution in [2.75, 3.05) is 13.1 Å². The number of hydrogen-bond acceptors (Lipinski definition) is 3. The van der Waals surface area contributed by atoms with Gasteiger partial charge in [-0.25, -0.2) is 8.42 Å². The number of sulfonamides is 1. The van der Waals surface area contributed by atoms with E-state index in [4.69, 9.17) is 0 Å². The molecule has 160 valence electrons. The second kappa shape index (κ2) is 9.04. The molecule has 3 aromatic carbocycles. The minimum atomic E-state index is -3.63. The van der Waals surface area contributed by atoms with E-state index >= 15 is 0 Å². The van der Waals surface area contributed by atoms with Gasteiger partial charge in [-0.3, -0.25) is 4.79 Å². The Bertz CT molecular complexity index is 1170. The number of hydrogen-bond donors (Lipinski definition) is 1. The van der Waals surface area contributed by atoms with E-state index in [1.807, 2.05) is 73.7 Å². The first-order valence-corrected chi connectivity index (χ1v) is 11.9. The molecule has 1 aliphatic rings. The Kier molecular flexibility index (Phi) is 6.20. The molecule has 4 rings (SSSR count). The van der Waals surface area contributed by atoms with Crippen LogP contribution in [0, 0.1) is 6.92 Å². The SMILES string of the molecule is Cc1ccccc1C(=O)NC1CCN(S(=O)(=O)c2ccccc2-c2ccccc2)CC1. The first kappa shape index (κ1) is 21.3. The van der Waals surface area contributed by atoms with Crippen LogP contribution in [0.25, 0.3) is 11.1 Å². The van der Waals surface area contributed by atoms with Gasteiger partial charge < -0.3 is 5.32 Å². The van der Waals surface area contributed by atoms with Crippen molar-refractivity contribution in [3.05, 3.63) is 90.0 Å². The van der Waals surface area contributed by atoms with Crippen molar-refractivity contribution in [2.45, 2.75) is 30.7 Å². The molecule has 0 aliphatic carbocycles. The number of nitrogens with one attached hydrogen (secondary N) is 1. The molecular weight excluding hydrogens is 408 g/mol. The zero-order valence-electron chi connectivity index (χ0n) is 17.5. The number of piperidine rings is 1. The van der Waals surface area contributed by atoms with E-state index in [9.17, 15) is 13.2 Å². The van der Waals surface area contributed by atoms with Gasteiger partial charge in [0.2, 0.25) is 10.0 Å². The summed E-state index contributed by atoms with van der Waals surface area (Å²) in [7, 11) is -3.63. The third kappa shape index (κ3) is 4.55. The van der Waals surface area contributed by atoms with E-state index in [0.717, 1.165) is 11.1 Å². The molecule has 0 bridgehead atoms. The molecule has 1 heterocycles. The molecule has 5 nitrogen and oxygen atoms in total. The number of amides is 1. The summed E-state index contributed by atoms with van der Waals surface area (Å²) in [6.07, 6.45) is 1.18. The fourth-order valence-corrected chi connectivity index (χ4v) is 5.70. The average molecular weight is 435 g/mol. The lowest BCUT2D eigenvalue weighted by molar-refractivity contribution is 0.0923. The highest BCUT2D eigenvalue weighted by Crippen LogP contribution is 2.30. The molecule has 0 radical (unpaired) electrons. The summed E-state index contributed by atoms with van der Waals surface area (Å²) < 4.78 is 28.4. The van der Waals surface area contributed by atoms with Gasteiger partial charge >= 0.3 is 0 Å². The maximum atomic E-state index is 13.4. The molecular formula is C25H26N2O3S. The molecule has 0 saturated carbocycles. The van der Waals surface area contributed by atoms with E-state index in [0.29, 0.717) is 42.0 Å². The van der Waals surface area contributed by atoms with E-state index in [1.165, 1.54) is 4.31 Å². The number of rotatable bonds is 5. The van der Waals surface area contributed by atoms with Crippen LogP contribution in [0.5, 0.6) is 0 Å². The van der Waals surface area contributed by atoms with Crippen LogP contribution in [0.1, 0.15) is 28.8 Å². The lowest BCUT2D eigenvalue weighted by Gasteiger charge is -2.32. The van der Waals surface area contributed by atoms with Crippen LogP contribution in [-0.4, -0.2) is 37.8 Å². The van der Waals surface area contributed by atoms with Crippen LogP contribution in [0.2, 0.25) is 0 Å². The number of aryl methyl sites for hydroxylation is 1. The second-order valence-electron chi connectivity index (χ2n) is 7.83. The number of carbonyl (C=O) groups excluding carboxylic acids is 1. The van der Waals surface area contributed by atoms with Gasteiger partial charge in [0.15, 0.2) is 0 Å². The van der Waals surface area contributed by atoms with E-state index in [1.54, 1.807) is 12.1 Å². The molecule has 1 amide bonds. The van der Waals surface area contributed by atoms with Crippen molar-refractivity contribution >= 4 is 15.9 Å². The summed E-state index contributed by atoms with van der Waals surface area (Å²) in [4.78, 5) is 12.9. The largest absolute Gasteiger partial charge is 0.349 e. The zero-order chi connectivity index (χ0) is 21.8. The number of nitrogens with zero attached hydrogens (tertiary/aromatic N) is 1. The van der Waals surface area contributed by atoms with Gasteiger partial charge in [0.05, 0.1) is 4.90 Å². The highest BCUT2D eigenvalue weighted by Gasteiger charge is 2.31. The maximum Gasteiger partial charge on any atom is 0.251 e. The van der Waals surface area contributed by atoms with Gasteiger partial charge in [-0.1, -0.05) is 66.7 Å². The van der Waals surface area contributed by atoms with Crippen LogP contribution < -0.4 is 5.32 Å². The highest BCUT2D eigenvalue weighted by atomic mass is 32.2. The smallest absolute Gasteiger partial charge is 0.251 e. The maximum absolute atomic E-state index is 13.4. The Morgan fingerprint density at radius 3 is 2.19 bits per heavy atom. The van der Waals surface area contributed by atoms with Crippen LogP contribution in [0.15, 0.2) is 83.8 Å². The standard InChI is InChI=1S/C25H26N2O3S/c1-19-9-5-6-12-22(19)25(28)26-21-15-17-27(18-16-21)31(29,30)24-14-8-7-13-23(24)20-10-3-2-4-11-20/h2-14,21H,15-18H2,1H3,(H,26,28). The number of carbonyl (C=O) groups is 1. The molecule has 0 atom stereocenters. The van der Waals surface area contributed by atoms with Crippen molar-refractivity contribution in [3.8, 4) is 11.1 Å². The first-order valence-electron chi connectivity index (χ1n) is 10.5. The molecule has 0 spiro atoms. The predicted molar refractivity (Wildman–Crippen MR) is 122 cm³/mol. The van der Waals surface area contributed by atoms with Crippen LogP contribution in [0.3, 0.4) is 0 Å². The molecule has 31 heavy (non-hydrogen) atoms. The monoisotopic (exact) mass is 434 g/mol. The summed E-state index contributed by atoms with van der Waals surface area (Å²) in [5.41, 5.74) is 3.17. The predicted octanol–water partition coefficient (Wildman–Crippen LogP) is 4.25. The number of benzene rings is 3. The van der Waals surface area contributed by atoms with E-state index in [2.05, 4.69) is 5.32 Å². The van der Waals surface area contributed by atoms with Crippen molar-refractivity contribution < 1.29 is 13.2 Å². The third-order valence-electron chi connectivity index (χ3n) is 5.77. The molecule has 1 aliphatic heterocycles. The molecule has 0 unspecified atom stereocenters. The molecule has 1 N–H and O–H groups in total. The Morgan fingerprint density at radius 1 is 0.871 bits per heavy atom. The normalized spacial score (nSPS) is 15.5. The van der Waals surface area contributed by atoms with E-state index in [-0.39, 0.29) is 11.9 Å². The Labute approximate surface area is 183 Å². The molecule has 3 aromatic rings. The Morgan fingerprint density at radius 2 is 1.48 bits per heavy atom. The van der Waals surface area contributed by atoms with Gasteiger partial charge in [-0.05, 0) is 43.0 Å². The lowest BCUT2D eigenvalue weighted by Crippen LogP contribution is -2.46. The van der Waals surface area contributed by atoms with Gasteiger partial charge in [-0.15, -0.1) is 0 Å². The zero-order valence-corrected chi connectivity index (χ0v) is 18.3. The summed E-state index contributed by atoms with van der Waals surface area (Å²) in [5, 5.41) is 3.06. The minimum Gasteiger partial charge on any atom is -0.349 e. The quantitative estimate of drug-likeness (QED) is 0.653. The average Bonchev–Trinajstić information content (AvgIpc) is 2.80. The Balaban J connectivity index is 1.47. The van der Waals surface area contributed by atoms with Crippen LogP contribution >= 0.6 is 0 Å².